The summed E-state index contributed by atoms with van der Waals surface area (Å²) < 4.78 is 1.18. The van der Waals surface area contributed by atoms with Crippen LogP contribution in [-0.4, -0.2) is 11.7 Å². The minimum Gasteiger partial charge on any atom is -0.396 e. The van der Waals surface area contributed by atoms with Gasteiger partial charge in [-0.15, -0.1) is 0 Å². The van der Waals surface area contributed by atoms with Gasteiger partial charge in [-0.1, -0.05) is 22.0 Å². The van der Waals surface area contributed by atoms with E-state index in [4.69, 9.17) is 0 Å². The largest absolute Gasteiger partial charge is 0.396 e. The predicted octanol–water partition coefficient (Wildman–Crippen LogP) is 2.65. The monoisotopic (exact) mass is 252 g/mol. The van der Waals surface area contributed by atoms with Crippen LogP contribution in [-0.2, 0) is 11.8 Å². The van der Waals surface area contributed by atoms with Crippen molar-refractivity contribution in [2.24, 2.45) is 5.92 Å². The van der Waals surface area contributed by atoms with Crippen LogP contribution in [0.5, 0.6) is 0 Å². The molecule has 0 radical (unpaired) electrons. The van der Waals surface area contributed by atoms with Crippen molar-refractivity contribution in [2.75, 3.05) is 6.61 Å². The fraction of sp³-hybridized carbons (Fsp3) is 0.500. The van der Waals surface area contributed by atoms with Crippen LogP contribution in [0, 0.1) is 5.92 Å². The SMILES string of the molecule is OC[C@H]1C[C@]12CCc1cc(Br)ccc12. The Hall–Kier alpha value is -0.340. The lowest BCUT2D eigenvalue weighted by Gasteiger charge is -2.10. The molecule has 1 nitrogen and oxygen atoms in total. The Kier molecular flexibility index (Phi) is 1.80. The molecule has 1 fully saturated rings. The van der Waals surface area contributed by atoms with E-state index in [0.717, 1.165) is 0 Å². The van der Waals surface area contributed by atoms with Gasteiger partial charge >= 0.3 is 0 Å². The highest BCUT2D eigenvalue weighted by Gasteiger charge is 2.57. The third kappa shape index (κ3) is 1.04. The van der Waals surface area contributed by atoms with Crippen LogP contribution in [0.15, 0.2) is 22.7 Å². The summed E-state index contributed by atoms with van der Waals surface area (Å²) in [5.74, 6) is 0.532. The number of aliphatic hydroxyl groups excluding tert-OH is 1. The average molecular weight is 253 g/mol. The first-order valence-corrected chi connectivity index (χ1v) is 5.95. The van der Waals surface area contributed by atoms with E-state index in [2.05, 4.69) is 34.1 Å². The fourth-order valence-corrected chi connectivity index (χ4v) is 3.41. The molecule has 3 rings (SSSR count). The highest BCUT2D eigenvalue weighted by Crippen LogP contribution is 2.61. The third-order valence-electron chi connectivity index (χ3n) is 3.90. The minimum absolute atomic E-state index is 0.357. The standard InChI is InChI=1S/C12H13BrO/c13-10-1-2-11-8(5-10)3-4-12(11)6-9(12)7-14/h1-2,5,9,14H,3-4,6-7H2/t9-,12-/m1/s1. The Balaban J connectivity index is 2.04. The number of rotatable bonds is 1. The van der Waals surface area contributed by atoms with Gasteiger partial charge in [0.1, 0.15) is 0 Å². The smallest absolute Gasteiger partial charge is 0.0468 e. The molecule has 0 saturated heterocycles. The summed E-state index contributed by atoms with van der Waals surface area (Å²) >= 11 is 3.51. The molecule has 0 unspecified atom stereocenters. The van der Waals surface area contributed by atoms with E-state index < -0.39 is 0 Å². The van der Waals surface area contributed by atoms with E-state index in [1.165, 1.54) is 34.9 Å². The summed E-state index contributed by atoms with van der Waals surface area (Å²) in [4.78, 5) is 0. The van der Waals surface area contributed by atoms with Gasteiger partial charge in [0.25, 0.3) is 0 Å². The van der Waals surface area contributed by atoms with Gasteiger partial charge in [-0.2, -0.15) is 0 Å². The maximum absolute atomic E-state index is 9.20. The first kappa shape index (κ1) is 8.93. The van der Waals surface area contributed by atoms with Crippen molar-refractivity contribution in [1.82, 2.24) is 0 Å². The molecule has 1 aromatic rings. The van der Waals surface area contributed by atoms with Crippen molar-refractivity contribution in [2.45, 2.75) is 24.7 Å². The fourth-order valence-electron chi connectivity index (χ4n) is 3.00. The van der Waals surface area contributed by atoms with Crippen LogP contribution in [0.1, 0.15) is 24.0 Å². The molecule has 0 heterocycles. The number of fused-ring (bicyclic) bond motifs is 2. The lowest BCUT2D eigenvalue weighted by Crippen LogP contribution is -2.06. The van der Waals surface area contributed by atoms with Crippen LogP contribution in [0.25, 0.3) is 0 Å². The number of aryl methyl sites for hydroxylation is 1. The zero-order valence-electron chi connectivity index (χ0n) is 7.96. The minimum atomic E-state index is 0.357. The molecular weight excluding hydrogens is 240 g/mol. The molecule has 2 aliphatic carbocycles. The van der Waals surface area contributed by atoms with E-state index >= 15 is 0 Å². The summed E-state index contributed by atoms with van der Waals surface area (Å²) in [6.45, 7) is 0.357. The molecule has 0 amide bonds. The van der Waals surface area contributed by atoms with Crippen LogP contribution < -0.4 is 0 Å². The Morgan fingerprint density at radius 1 is 1.50 bits per heavy atom. The third-order valence-corrected chi connectivity index (χ3v) is 4.39. The van der Waals surface area contributed by atoms with Crippen LogP contribution in [0.2, 0.25) is 0 Å². The lowest BCUT2D eigenvalue weighted by molar-refractivity contribution is 0.263. The number of hydrogen-bond acceptors (Lipinski definition) is 1. The van der Waals surface area contributed by atoms with Gasteiger partial charge in [0.05, 0.1) is 0 Å². The zero-order valence-corrected chi connectivity index (χ0v) is 9.55. The molecular formula is C12H13BrO. The molecule has 1 N–H and O–H groups in total. The lowest BCUT2D eigenvalue weighted by atomic mass is 9.96. The van der Waals surface area contributed by atoms with Crippen molar-refractivity contribution in [3.05, 3.63) is 33.8 Å². The van der Waals surface area contributed by atoms with Crippen LogP contribution in [0.4, 0.5) is 0 Å². The first-order chi connectivity index (χ1) is 6.76. The van der Waals surface area contributed by atoms with E-state index in [0.29, 0.717) is 17.9 Å². The molecule has 0 aromatic heterocycles. The molecule has 2 heteroatoms. The summed E-state index contributed by atoms with van der Waals surface area (Å²) in [6, 6.07) is 6.59. The molecule has 0 aliphatic heterocycles. The Labute approximate surface area is 92.3 Å². The Morgan fingerprint density at radius 3 is 3.07 bits per heavy atom. The van der Waals surface area contributed by atoms with Gasteiger partial charge in [0, 0.05) is 16.5 Å². The highest BCUT2D eigenvalue weighted by molar-refractivity contribution is 9.10. The normalized spacial score (nSPS) is 33.4. The van der Waals surface area contributed by atoms with E-state index in [9.17, 15) is 5.11 Å². The number of halogens is 1. The maximum atomic E-state index is 9.20. The van der Waals surface area contributed by atoms with Gasteiger partial charge in [0.2, 0.25) is 0 Å². The second-order valence-corrected chi connectivity index (χ2v) is 5.46. The molecule has 2 atom stereocenters. The number of aliphatic hydroxyl groups is 1. The first-order valence-electron chi connectivity index (χ1n) is 5.16. The molecule has 0 bridgehead atoms. The summed E-state index contributed by atoms with van der Waals surface area (Å²) in [7, 11) is 0. The van der Waals surface area contributed by atoms with Gasteiger partial charge < -0.3 is 5.11 Å². The second kappa shape index (κ2) is 2.83. The molecule has 1 spiro atoms. The van der Waals surface area contributed by atoms with Gasteiger partial charge in [-0.25, -0.2) is 0 Å². The zero-order chi connectivity index (χ0) is 9.76. The maximum Gasteiger partial charge on any atom is 0.0468 e. The van der Waals surface area contributed by atoms with Crippen molar-refractivity contribution in [3.8, 4) is 0 Å². The number of hydrogen-bond donors (Lipinski definition) is 1. The van der Waals surface area contributed by atoms with Crippen LogP contribution in [0.3, 0.4) is 0 Å². The van der Waals surface area contributed by atoms with Crippen molar-refractivity contribution in [1.29, 1.82) is 0 Å². The summed E-state index contributed by atoms with van der Waals surface area (Å²) in [5.41, 5.74) is 3.35. The second-order valence-electron chi connectivity index (χ2n) is 4.54. The molecule has 1 saturated carbocycles. The summed E-state index contributed by atoms with van der Waals surface area (Å²) in [6.07, 6.45) is 3.62. The Bertz CT molecular complexity index is 388. The van der Waals surface area contributed by atoms with Crippen molar-refractivity contribution >= 4 is 15.9 Å². The summed E-state index contributed by atoms with van der Waals surface area (Å²) in [5, 5.41) is 9.20. The van der Waals surface area contributed by atoms with E-state index in [1.807, 2.05) is 0 Å². The van der Waals surface area contributed by atoms with Gasteiger partial charge in [0.15, 0.2) is 0 Å². The topological polar surface area (TPSA) is 20.2 Å². The highest BCUT2D eigenvalue weighted by atomic mass is 79.9. The van der Waals surface area contributed by atoms with Gasteiger partial charge in [-0.3, -0.25) is 0 Å². The van der Waals surface area contributed by atoms with Crippen LogP contribution >= 0.6 is 15.9 Å². The Morgan fingerprint density at radius 2 is 2.36 bits per heavy atom. The predicted molar refractivity (Wildman–Crippen MR) is 59.3 cm³/mol. The number of benzene rings is 1. The molecule has 74 valence electrons. The van der Waals surface area contributed by atoms with Gasteiger partial charge in [-0.05, 0) is 48.4 Å². The van der Waals surface area contributed by atoms with E-state index in [-0.39, 0.29) is 0 Å². The van der Waals surface area contributed by atoms with E-state index in [1.54, 1.807) is 0 Å². The molecule has 1 aromatic carbocycles. The van der Waals surface area contributed by atoms with Crippen molar-refractivity contribution in [3.63, 3.8) is 0 Å². The van der Waals surface area contributed by atoms with Crippen molar-refractivity contribution < 1.29 is 5.11 Å². The average Bonchev–Trinajstić information content (AvgIpc) is 2.78. The molecule has 14 heavy (non-hydrogen) atoms. The quantitative estimate of drug-likeness (QED) is 0.815. The molecule has 2 aliphatic rings.